The summed E-state index contributed by atoms with van der Waals surface area (Å²) in [5.41, 5.74) is 2.75. The molecular formula is C31H44O9S2. The Hall–Kier alpha value is -2.02. The SMILES string of the molecule is COc1cc(C[C@H]2[C@H](O)C[C@@H](OCO)CCc3cc(OC4CCCCC4)c(O)cc3CSSC[C@@H]2O)cc(OC)c1O. The Kier molecular flexibility index (Phi) is 12.7. The van der Waals surface area contributed by atoms with Crippen LogP contribution in [0.5, 0.6) is 28.7 Å². The van der Waals surface area contributed by atoms with Crippen LogP contribution in [0.1, 0.15) is 61.6 Å². The van der Waals surface area contributed by atoms with E-state index >= 15 is 0 Å². The lowest BCUT2D eigenvalue weighted by atomic mass is 9.86. The van der Waals surface area contributed by atoms with Crippen molar-refractivity contribution in [2.45, 2.75) is 88.0 Å². The number of rotatable bonds is 8. The molecule has 0 aromatic heterocycles. The first kappa shape index (κ1) is 32.9. The van der Waals surface area contributed by atoms with Gasteiger partial charge in [0.25, 0.3) is 0 Å². The van der Waals surface area contributed by atoms with Gasteiger partial charge in [0.05, 0.1) is 38.6 Å². The maximum absolute atomic E-state index is 11.4. The van der Waals surface area contributed by atoms with Crippen molar-refractivity contribution in [3.05, 3.63) is 41.0 Å². The second-order valence-corrected chi connectivity index (χ2v) is 13.6. The second-order valence-electron chi connectivity index (χ2n) is 11.1. The van der Waals surface area contributed by atoms with Crippen LogP contribution in [0.2, 0.25) is 0 Å². The second kappa shape index (κ2) is 16.2. The number of aromatic hydroxyl groups is 2. The van der Waals surface area contributed by atoms with Gasteiger partial charge in [-0.1, -0.05) is 28.0 Å². The highest BCUT2D eigenvalue weighted by Crippen LogP contribution is 2.40. The zero-order chi connectivity index (χ0) is 30.1. The molecule has 2 aromatic rings. The summed E-state index contributed by atoms with van der Waals surface area (Å²) < 4.78 is 22.5. The normalized spacial score (nSPS) is 24.5. The van der Waals surface area contributed by atoms with Gasteiger partial charge < -0.3 is 44.5 Å². The van der Waals surface area contributed by atoms with Crippen LogP contribution in [-0.2, 0) is 23.3 Å². The number of phenols is 2. The van der Waals surface area contributed by atoms with Crippen molar-refractivity contribution in [1.29, 1.82) is 0 Å². The van der Waals surface area contributed by atoms with Gasteiger partial charge in [-0.05, 0) is 92.3 Å². The monoisotopic (exact) mass is 624 g/mol. The van der Waals surface area contributed by atoms with Crippen LogP contribution < -0.4 is 14.2 Å². The minimum atomic E-state index is -0.932. The van der Waals surface area contributed by atoms with Gasteiger partial charge in [0.2, 0.25) is 5.75 Å². The van der Waals surface area contributed by atoms with E-state index in [4.69, 9.17) is 18.9 Å². The minimum absolute atomic E-state index is 0.106. The predicted molar refractivity (Wildman–Crippen MR) is 165 cm³/mol. The standard InChI is InChI=1S/C31H44O9S2/c1-37-29-11-19(12-30(38-2)31(29)36)10-24-25(33)15-23(39-18-32)9-8-20-14-28(40-22-6-4-3-5-7-22)26(34)13-21(20)16-41-42-17-27(24)35/h11-14,22-25,27,32-36H,3-10,15-18H2,1-2H3/t23-,24-,25+,27-/m0/s1. The van der Waals surface area contributed by atoms with Crippen molar-refractivity contribution in [3.63, 3.8) is 0 Å². The molecule has 9 nitrogen and oxygen atoms in total. The van der Waals surface area contributed by atoms with Gasteiger partial charge >= 0.3 is 0 Å². The summed E-state index contributed by atoms with van der Waals surface area (Å²) in [7, 11) is 6.00. The Bertz CT molecular complexity index is 1120. The van der Waals surface area contributed by atoms with Gasteiger partial charge in [-0.3, -0.25) is 0 Å². The molecule has 234 valence electrons. The van der Waals surface area contributed by atoms with Crippen molar-refractivity contribution in [3.8, 4) is 28.7 Å². The third kappa shape index (κ3) is 8.76. The molecular weight excluding hydrogens is 580 g/mol. The van der Waals surface area contributed by atoms with E-state index in [1.54, 1.807) is 29.0 Å². The molecule has 1 aliphatic carbocycles. The highest BCUT2D eigenvalue weighted by Gasteiger charge is 2.31. The Morgan fingerprint density at radius 3 is 2.19 bits per heavy atom. The van der Waals surface area contributed by atoms with Crippen LogP contribution in [-0.4, -0.2) is 76.7 Å². The van der Waals surface area contributed by atoms with Gasteiger partial charge in [0.1, 0.15) is 6.79 Å². The van der Waals surface area contributed by atoms with E-state index in [9.17, 15) is 25.5 Å². The molecule has 1 saturated carbocycles. The van der Waals surface area contributed by atoms with E-state index in [1.807, 2.05) is 6.07 Å². The molecule has 0 saturated heterocycles. The Labute approximate surface area is 255 Å². The van der Waals surface area contributed by atoms with Crippen LogP contribution in [0.4, 0.5) is 0 Å². The van der Waals surface area contributed by atoms with E-state index in [1.165, 1.54) is 31.4 Å². The van der Waals surface area contributed by atoms with Crippen LogP contribution >= 0.6 is 21.6 Å². The molecule has 0 spiro atoms. The molecule has 42 heavy (non-hydrogen) atoms. The van der Waals surface area contributed by atoms with E-state index in [-0.39, 0.29) is 35.5 Å². The summed E-state index contributed by atoms with van der Waals surface area (Å²) in [6, 6.07) is 7.07. The molecule has 4 atom stereocenters. The topological polar surface area (TPSA) is 138 Å². The highest BCUT2D eigenvalue weighted by atomic mass is 33.1. The van der Waals surface area contributed by atoms with Gasteiger partial charge in [-0.25, -0.2) is 0 Å². The Balaban J connectivity index is 1.55. The van der Waals surface area contributed by atoms with E-state index in [0.29, 0.717) is 36.5 Å². The first-order valence-corrected chi connectivity index (χ1v) is 17.1. The fourth-order valence-corrected chi connectivity index (χ4v) is 8.13. The maximum Gasteiger partial charge on any atom is 0.200 e. The lowest BCUT2D eigenvalue weighted by Crippen LogP contribution is -2.37. The summed E-state index contributed by atoms with van der Waals surface area (Å²) in [4.78, 5) is 0. The quantitative estimate of drug-likeness (QED) is 0.201. The van der Waals surface area contributed by atoms with Gasteiger partial charge in [0.15, 0.2) is 23.0 Å². The number of benzene rings is 2. The number of aliphatic hydroxyl groups is 3. The summed E-state index contributed by atoms with van der Waals surface area (Å²) in [5, 5.41) is 53.4. The molecule has 4 rings (SSSR count). The largest absolute Gasteiger partial charge is 0.504 e. The molecule has 1 aliphatic heterocycles. The Morgan fingerprint density at radius 2 is 1.52 bits per heavy atom. The van der Waals surface area contributed by atoms with Gasteiger partial charge in [-0.2, -0.15) is 0 Å². The average Bonchev–Trinajstić information content (AvgIpc) is 2.99. The number of fused-ring (bicyclic) bond motifs is 1. The minimum Gasteiger partial charge on any atom is -0.504 e. The molecule has 0 radical (unpaired) electrons. The lowest BCUT2D eigenvalue weighted by molar-refractivity contribution is -0.0808. The summed E-state index contributed by atoms with van der Waals surface area (Å²) in [6.45, 7) is -0.485. The maximum atomic E-state index is 11.4. The zero-order valence-electron chi connectivity index (χ0n) is 24.4. The first-order chi connectivity index (χ1) is 20.3. The number of hydrogen-bond donors (Lipinski definition) is 5. The molecule has 2 aromatic carbocycles. The van der Waals surface area contributed by atoms with Crippen LogP contribution in [0, 0.1) is 5.92 Å². The smallest absolute Gasteiger partial charge is 0.200 e. The third-order valence-corrected chi connectivity index (χ3v) is 10.5. The number of aliphatic hydroxyl groups excluding tert-OH is 3. The fraction of sp³-hybridized carbons (Fsp3) is 0.613. The third-order valence-electron chi connectivity index (χ3n) is 8.21. The zero-order valence-corrected chi connectivity index (χ0v) is 26.0. The molecule has 5 N–H and O–H groups in total. The van der Waals surface area contributed by atoms with Crippen molar-refractivity contribution < 1.29 is 44.5 Å². The van der Waals surface area contributed by atoms with Crippen molar-refractivity contribution in [2.24, 2.45) is 5.92 Å². The van der Waals surface area contributed by atoms with Crippen LogP contribution in [0.15, 0.2) is 24.3 Å². The molecule has 0 bridgehead atoms. The number of aryl methyl sites for hydroxylation is 1. The molecule has 2 aliphatic rings. The summed E-state index contributed by atoms with van der Waals surface area (Å²) in [6.07, 6.45) is 4.98. The number of ether oxygens (including phenoxy) is 4. The Morgan fingerprint density at radius 1 is 0.810 bits per heavy atom. The number of methoxy groups -OCH3 is 2. The van der Waals surface area contributed by atoms with Crippen molar-refractivity contribution in [2.75, 3.05) is 26.8 Å². The van der Waals surface area contributed by atoms with E-state index in [2.05, 4.69) is 0 Å². The van der Waals surface area contributed by atoms with Gasteiger partial charge in [-0.15, -0.1) is 0 Å². The van der Waals surface area contributed by atoms with Crippen molar-refractivity contribution >= 4 is 21.6 Å². The number of phenolic OH excluding ortho intramolecular Hbond substituents is 2. The van der Waals surface area contributed by atoms with Crippen molar-refractivity contribution in [1.82, 2.24) is 0 Å². The molecule has 1 fully saturated rings. The summed E-state index contributed by atoms with van der Waals surface area (Å²) in [5.74, 6) is 1.45. The predicted octanol–water partition coefficient (Wildman–Crippen LogP) is 4.96. The highest BCUT2D eigenvalue weighted by molar-refractivity contribution is 8.76. The van der Waals surface area contributed by atoms with Gasteiger partial charge in [0, 0.05) is 17.4 Å². The molecule has 0 unspecified atom stereocenters. The lowest BCUT2D eigenvalue weighted by Gasteiger charge is -2.30. The first-order valence-electron chi connectivity index (χ1n) is 14.6. The summed E-state index contributed by atoms with van der Waals surface area (Å²) >= 11 is 0. The average molecular weight is 625 g/mol. The van der Waals surface area contributed by atoms with Crippen LogP contribution in [0.3, 0.4) is 0 Å². The molecule has 1 heterocycles. The molecule has 11 heteroatoms. The van der Waals surface area contributed by atoms with Crippen LogP contribution in [0.25, 0.3) is 0 Å². The fourth-order valence-electron chi connectivity index (χ4n) is 5.83. The molecule has 0 amide bonds. The van der Waals surface area contributed by atoms with E-state index in [0.717, 1.165) is 42.4 Å². The number of hydrogen-bond acceptors (Lipinski definition) is 11. The van der Waals surface area contributed by atoms with E-state index < -0.39 is 31.0 Å².